The Morgan fingerprint density at radius 2 is 1.72 bits per heavy atom. The minimum atomic E-state index is -0.437. The maximum absolute atomic E-state index is 12.1. The standard InChI is InChI=1S/C12H16ClNO3.C12H14ClNO/c1-17-11(8-12(15)14-16)7-4-9-2-5-10(13)6-3-9;13-11-7-3-2-6-10(11)12(15)14-8-4-1-5-9-14/h2-3,5-6,11,16H,4,7-8H2,1H3,(H,14,15);2-3,6-7H,1,4-5,8-9H2. The zero-order valence-corrected chi connectivity index (χ0v) is 19.7. The molecule has 1 atom stereocenters. The summed E-state index contributed by atoms with van der Waals surface area (Å²) in [6, 6.07) is 14.8. The summed E-state index contributed by atoms with van der Waals surface area (Å²) in [5, 5.41) is 9.68. The van der Waals surface area contributed by atoms with Gasteiger partial charge in [-0.25, -0.2) is 5.48 Å². The van der Waals surface area contributed by atoms with Gasteiger partial charge in [0.15, 0.2) is 0 Å². The first-order valence-electron chi connectivity index (χ1n) is 10.7. The van der Waals surface area contributed by atoms with E-state index in [4.69, 9.17) is 33.1 Å². The van der Waals surface area contributed by atoms with E-state index in [1.54, 1.807) is 24.7 Å². The maximum Gasteiger partial charge on any atom is 0.255 e. The number of rotatable bonds is 7. The SMILES string of the molecule is COC(CCc1ccc(Cl)cc1)CC(=O)NO.O=C(c1ccccc1Cl)N1CCCCC1. The van der Waals surface area contributed by atoms with Crippen LogP contribution in [0.3, 0.4) is 0 Å². The zero-order chi connectivity index (χ0) is 23.3. The summed E-state index contributed by atoms with van der Waals surface area (Å²) in [7, 11) is 1.55. The number of nitrogens with zero attached hydrogens (tertiary/aromatic N) is 1. The van der Waals surface area contributed by atoms with Crippen LogP contribution < -0.4 is 5.48 Å². The molecule has 2 aromatic rings. The average Bonchev–Trinajstić information content (AvgIpc) is 2.83. The third-order valence-corrected chi connectivity index (χ3v) is 5.87. The number of nitrogens with one attached hydrogen (secondary N) is 1. The lowest BCUT2D eigenvalue weighted by Crippen LogP contribution is -2.35. The first-order valence-corrected chi connectivity index (χ1v) is 11.4. The maximum atomic E-state index is 12.1. The molecule has 1 unspecified atom stereocenters. The Bertz CT molecular complexity index is 855. The molecule has 3 rings (SSSR count). The van der Waals surface area contributed by atoms with E-state index in [9.17, 15) is 9.59 Å². The summed E-state index contributed by atoms with van der Waals surface area (Å²) >= 11 is 11.8. The van der Waals surface area contributed by atoms with Gasteiger partial charge >= 0.3 is 0 Å². The Hall–Kier alpha value is -2.12. The van der Waals surface area contributed by atoms with Crippen molar-refractivity contribution >= 4 is 35.0 Å². The largest absolute Gasteiger partial charge is 0.381 e. The van der Waals surface area contributed by atoms with Gasteiger partial charge in [-0.1, -0.05) is 47.5 Å². The number of amides is 2. The molecule has 2 N–H and O–H groups in total. The molecule has 2 aromatic carbocycles. The van der Waals surface area contributed by atoms with Crippen molar-refractivity contribution in [3.8, 4) is 0 Å². The molecule has 32 heavy (non-hydrogen) atoms. The van der Waals surface area contributed by atoms with Crippen LogP contribution in [0.5, 0.6) is 0 Å². The number of hydrogen-bond donors (Lipinski definition) is 2. The molecule has 1 saturated heterocycles. The second kappa shape index (κ2) is 14.1. The molecule has 0 bridgehead atoms. The van der Waals surface area contributed by atoms with Crippen molar-refractivity contribution in [3.05, 3.63) is 69.7 Å². The molecule has 6 nitrogen and oxygen atoms in total. The van der Waals surface area contributed by atoms with Crippen LogP contribution in [0.25, 0.3) is 0 Å². The molecule has 1 heterocycles. The highest BCUT2D eigenvalue weighted by Crippen LogP contribution is 2.19. The van der Waals surface area contributed by atoms with Gasteiger partial charge in [0, 0.05) is 25.2 Å². The molecule has 174 valence electrons. The fraction of sp³-hybridized carbons (Fsp3) is 0.417. The zero-order valence-electron chi connectivity index (χ0n) is 18.2. The highest BCUT2D eigenvalue weighted by atomic mass is 35.5. The number of carbonyl (C=O) groups is 2. The van der Waals surface area contributed by atoms with Crippen molar-refractivity contribution in [1.82, 2.24) is 10.4 Å². The normalized spacial score (nSPS) is 14.2. The quantitative estimate of drug-likeness (QED) is 0.424. The van der Waals surface area contributed by atoms with Crippen molar-refractivity contribution < 1.29 is 19.5 Å². The lowest BCUT2D eigenvalue weighted by molar-refractivity contribution is -0.131. The Labute approximate surface area is 199 Å². The molecule has 0 aromatic heterocycles. The fourth-order valence-corrected chi connectivity index (χ4v) is 3.78. The Balaban J connectivity index is 0.000000228. The van der Waals surface area contributed by atoms with E-state index in [-0.39, 0.29) is 18.4 Å². The number of hydrogen-bond acceptors (Lipinski definition) is 4. The van der Waals surface area contributed by atoms with Gasteiger partial charge in [0.2, 0.25) is 5.91 Å². The van der Waals surface area contributed by atoms with Gasteiger partial charge in [-0.15, -0.1) is 0 Å². The number of piperidine rings is 1. The summed E-state index contributed by atoms with van der Waals surface area (Å²) in [4.78, 5) is 24.9. The molecule has 8 heteroatoms. The first kappa shape index (κ1) is 26.1. The Morgan fingerprint density at radius 1 is 1.06 bits per heavy atom. The summed E-state index contributed by atoms with van der Waals surface area (Å²) < 4.78 is 5.17. The summed E-state index contributed by atoms with van der Waals surface area (Å²) in [6.45, 7) is 1.73. The minimum absolute atomic E-state index is 0.0697. The number of carbonyl (C=O) groups excluding carboxylic acids is 2. The van der Waals surface area contributed by atoms with E-state index in [1.807, 2.05) is 41.3 Å². The fourth-order valence-electron chi connectivity index (χ4n) is 3.44. The van der Waals surface area contributed by atoms with Gasteiger partial charge in [-0.05, 0) is 61.9 Å². The topological polar surface area (TPSA) is 78.9 Å². The summed E-state index contributed by atoms with van der Waals surface area (Å²) in [5.74, 6) is -0.367. The number of likely N-dealkylation sites (tertiary alicyclic amines) is 1. The Kier molecular flexibility index (Phi) is 11.5. The van der Waals surface area contributed by atoms with Gasteiger partial charge in [0.1, 0.15) is 0 Å². The predicted octanol–water partition coefficient (Wildman–Crippen LogP) is 5.15. The van der Waals surface area contributed by atoms with Crippen molar-refractivity contribution in [1.29, 1.82) is 0 Å². The van der Waals surface area contributed by atoms with E-state index < -0.39 is 5.91 Å². The van der Waals surface area contributed by atoms with Crippen LogP contribution in [0.2, 0.25) is 10.0 Å². The summed E-state index contributed by atoms with van der Waals surface area (Å²) in [5.41, 5.74) is 3.36. The predicted molar refractivity (Wildman–Crippen MR) is 126 cm³/mol. The monoisotopic (exact) mass is 480 g/mol. The lowest BCUT2D eigenvalue weighted by atomic mass is 10.0. The van der Waals surface area contributed by atoms with Crippen molar-refractivity contribution in [2.24, 2.45) is 0 Å². The van der Waals surface area contributed by atoms with Gasteiger partial charge in [-0.3, -0.25) is 14.8 Å². The molecule has 1 aliphatic rings. The highest BCUT2D eigenvalue weighted by molar-refractivity contribution is 6.33. The highest BCUT2D eigenvalue weighted by Gasteiger charge is 2.19. The summed E-state index contributed by atoms with van der Waals surface area (Å²) in [6.07, 6.45) is 4.91. The lowest BCUT2D eigenvalue weighted by Gasteiger charge is -2.27. The molecule has 0 aliphatic carbocycles. The third kappa shape index (κ3) is 8.79. The number of aryl methyl sites for hydroxylation is 1. The number of ether oxygens (including phenoxy) is 1. The van der Waals surface area contributed by atoms with Gasteiger partial charge in [-0.2, -0.15) is 0 Å². The molecular weight excluding hydrogens is 451 g/mol. The minimum Gasteiger partial charge on any atom is -0.381 e. The van der Waals surface area contributed by atoms with Crippen LogP contribution in [0.1, 0.15) is 48.0 Å². The molecule has 0 spiro atoms. The average molecular weight is 481 g/mol. The number of halogens is 2. The van der Waals surface area contributed by atoms with Gasteiger partial charge in [0.25, 0.3) is 5.91 Å². The van der Waals surface area contributed by atoms with Crippen LogP contribution in [0.15, 0.2) is 48.5 Å². The molecule has 1 fully saturated rings. The molecular formula is C24H30Cl2N2O4. The number of methoxy groups -OCH3 is 1. The van der Waals surface area contributed by atoms with Crippen LogP contribution in [-0.2, 0) is 16.0 Å². The van der Waals surface area contributed by atoms with E-state index in [2.05, 4.69) is 0 Å². The van der Waals surface area contributed by atoms with Crippen molar-refractivity contribution in [2.45, 2.75) is 44.6 Å². The Morgan fingerprint density at radius 3 is 2.31 bits per heavy atom. The first-order chi connectivity index (χ1) is 15.4. The van der Waals surface area contributed by atoms with E-state index in [0.29, 0.717) is 22.0 Å². The van der Waals surface area contributed by atoms with E-state index in [1.165, 1.54) is 6.42 Å². The van der Waals surface area contributed by atoms with Gasteiger partial charge in [0.05, 0.1) is 23.1 Å². The van der Waals surface area contributed by atoms with E-state index >= 15 is 0 Å². The van der Waals surface area contributed by atoms with Crippen LogP contribution >= 0.6 is 23.2 Å². The molecule has 0 saturated carbocycles. The van der Waals surface area contributed by atoms with Gasteiger partial charge < -0.3 is 9.64 Å². The van der Waals surface area contributed by atoms with Crippen LogP contribution in [0.4, 0.5) is 0 Å². The molecule has 1 aliphatic heterocycles. The van der Waals surface area contributed by atoms with Crippen LogP contribution in [0, 0.1) is 0 Å². The molecule has 2 amide bonds. The molecule has 0 radical (unpaired) electrons. The van der Waals surface area contributed by atoms with Crippen LogP contribution in [-0.4, -0.2) is 48.2 Å². The van der Waals surface area contributed by atoms with E-state index in [0.717, 1.165) is 37.9 Å². The smallest absolute Gasteiger partial charge is 0.255 e. The van der Waals surface area contributed by atoms with Crippen molar-refractivity contribution in [2.75, 3.05) is 20.2 Å². The third-order valence-electron chi connectivity index (χ3n) is 5.29. The second-order valence-electron chi connectivity index (χ2n) is 7.59. The number of hydroxylamine groups is 1. The second-order valence-corrected chi connectivity index (χ2v) is 8.44. The number of benzene rings is 2. The van der Waals surface area contributed by atoms with Crippen molar-refractivity contribution in [3.63, 3.8) is 0 Å².